The van der Waals surface area contributed by atoms with Crippen molar-refractivity contribution < 1.29 is 9.18 Å². The highest BCUT2D eigenvalue weighted by Crippen LogP contribution is 2.37. The number of nitriles is 1. The van der Waals surface area contributed by atoms with Gasteiger partial charge >= 0.3 is 0 Å². The number of halogens is 1. The summed E-state index contributed by atoms with van der Waals surface area (Å²) in [7, 11) is 0. The number of benzene rings is 1. The van der Waals surface area contributed by atoms with Crippen LogP contribution in [-0.4, -0.2) is 5.91 Å². The van der Waals surface area contributed by atoms with Crippen molar-refractivity contribution in [3.63, 3.8) is 0 Å². The molecule has 1 aromatic heterocycles. The van der Waals surface area contributed by atoms with Gasteiger partial charge in [0.2, 0.25) is 5.91 Å². The van der Waals surface area contributed by atoms with Gasteiger partial charge in [-0.25, -0.2) is 4.39 Å². The quantitative estimate of drug-likeness (QED) is 0.936. The lowest BCUT2D eigenvalue weighted by atomic mass is 9.96. The molecule has 1 heterocycles. The minimum Gasteiger partial charge on any atom is -0.316 e. The number of hydrogen-bond donors (Lipinski definition) is 1. The molecule has 0 unspecified atom stereocenters. The molecule has 112 valence electrons. The molecule has 22 heavy (non-hydrogen) atoms. The maximum atomic E-state index is 13.6. The van der Waals surface area contributed by atoms with Crippen LogP contribution < -0.4 is 5.32 Å². The van der Waals surface area contributed by atoms with Crippen LogP contribution in [0.1, 0.15) is 34.4 Å². The molecule has 0 atom stereocenters. The molecule has 1 aliphatic carbocycles. The molecule has 1 aromatic carbocycles. The average molecular weight is 314 g/mol. The number of anilines is 1. The monoisotopic (exact) mass is 314 g/mol. The maximum Gasteiger partial charge on any atom is 0.229 e. The van der Waals surface area contributed by atoms with Gasteiger partial charge in [-0.2, -0.15) is 5.26 Å². The second-order valence-corrected chi connectivity index (χ2v) is 6.45. The van der Waals surface area contributed by atoms with Crippen molar-refractivity contribution in [2.24, 2.45) is 0 Å². The Bertz CT molecular complexity index is 761. The number of thiophene rings is 1. The van der Waals surface area contributed by atoms with E-state index in [1.54, 1.807) is 18.2 Å². The van der Waals surface area contributed by atoms with Crippen LogP contribution in [0.25, 0.3) is 0 Å². The number of nitrogens with one attached hydrogen (secondary N) is 1. The van der Waals surface area contributed by atoms with Crippen molar-refractivity contribution in [1.29, 1.82) is 5.26 Å². The first-order valence-electron chi connectivity index (χ1n) is 7.27. The number of amides is 1. The van der Waals surface area contributed by atoms with Crippen LogP contribution >= 0.6 is 11.3 Å². The average Bonchev–Trinajstić information content (AvgIpc) is 2.86. The summed E-state index contributed by atoms with van der Waals surface area (Å²) in [4.78, 5) is 13.3. The van der Waals surface area contributed by atoms with Crippen LogP contribution in [0, 0.1) is 17.1 Å². The predicted octanol–water partition coefficient (Wildman–Crippen LogP) is 3.82. The van der Waals surface area contributed by atoms with E-state index in [0.717, 1.165) is 31.2 Å². The first-order chi connectivity index (χ1) is 10.7. The first kappa shape index (κ1) is 14.7. The standard InChI is InChI=1S/C17H15FN2OS/c18-14-7-3-1-5-11(14)9-16(21)20-17-13(10-19)12-6-2-4-8-15(12)22-17/h1,3,5,7H,2,4,6,8-9H2,(H,20,21). The van der Waals surface area contributed by atoms with Gasteiger partial charge in [-0.3, -0.25) is 4.79 Å². The fraction of sp³-hybridized carbons (Fsp3) is 0.294. The second kappa shape index (κ2) is 6.29. The molecule has 0 spiro atoms. The van der Waals surface area contributed by atoms with E-state index in [2.05, 4.69) is 11.4 Å². The van der Waals surface area contributed by atoms with Crippen LogP contribution in [0.15, 0.2) is 24.3 Å². The third kappa shape index (κ3) is 2.88. The van der Waals surface area contributed by atoms with E-state index >= 15 is 0 Å². The van der Waals surface area contributed by atoms with Crippen LogP contribution in [0.4, 0.5) is 9.39 Å². The van der Waals surface area contributed by atoms with E-state index in [4.69, 9.17) is 0 Å². The summed E-state index contributed by atoms with van der Waals surface area (Å²) in [6, 6.07) is 8.44. The lowest BCUT2D eigenvalue weighted by molar-refractivity contribution is -0.115. The molecule has 5 heteroatoms. The van der Waals surface area contributed by atoms with E-state index in [0.29, 0.717) is 16.1 Å². The number of hydrogen-bond acceptors (Lipinski definition) is 3. The second-order valence-electron chi connectivity index (χ2n) is 5.34. The summed E-state index contributed by atoms with van der Waals surface area (Å²) in [5.74, 6) is -0.677. The Kier molecular flexibility index (Phi) is 4.21. The van der Waals surface area contributed by atoms with E-state index < -0.39 is 0 Å². The Labute approximate surface area is 132 Å². The Balaban J connectivity index is 1.79. The van der Waals surface area contributed by atoms with E-state index in [1.807, 2.05) is 0 Å². The summed E-state index contributed by atoms with van der Waals surface area (Å²) in [6.07, 6.45) is 4.05. The Hall–Kier alpha value is -2.19. The Morgan fingerprint density at radius 3 is 2.86 bits per heavy atom. The van der Waals surface area contributed by atoms with Gasteiger partial charge in [-0.1, -0.05) is 18.2 Å². The molecular weight excluding hydrogens is 299 g/mol. The molecule has 1 aliphatic rings. The van der Waals surface area contributed by atoms with Crippen molar-refractivity contribution in [3.8, 4) is 6.07 Å². The van der Waals surface area contributed by atoms with Gasteiger partial charge in [-0.05, 0) is 42.9 Å². The summed E-state index contributed by atoms with van der Waals surface area (Å²) in [5.41, 5.74) is 2.03. The lowest BCUT2D eigenvalue weighted by Gasteiger charge is -2.09. The highest BCUT2D eigenvalue weighted by Gasteiger charge is 2.21. The van der Waals surface area contributed by atoms with Gasteiger partial charge in [-0.15, -0.1) is 11.3 Å². The molecule has 0 bridgehead atoms. The van der Waals surface area contributed by atoms with Crippen LogP contribution in [0.2, 0.25) is 0 Å². The molecule has 0 aliphatic heterocycles. The van der Waals surface area contributed by atoms with Crippen molar-refractivity contribution >= 4 is 22.2 Å². The first-order valence-corrected chi connectivity index (χ1v) is 8.08. The third-order valence-electron chi connectivity index (χ3n) is 3.84. The van der Waals surface area contributed by atoms with Gasteiger partial charge in [0.25, 0.3) is 0 Å². The van der Waals surface area contributed by atoms with Gasteiger partial charge < -0.3 is 5.32 Å². The van der Waals surface area contributed by atoms with Crippen molar-refractivity contribution in [2.45, 2.75) is 32.1 Å². The number of carbonyl (C=O) groups excluding carboxylic acids is 1. The number of carbonyl (C=O) groups is 1. The zero-order chi connectivity index (χ0) is 15.5. The van der Waals surface area contributed by atoms with Gasteiger partial charge in [0.05, 0.1) is 12.0 Å². The van der Waals surface area contributed by atoms with Crippen LogP contribution in [0.5, 0.6) is 0 Å². The Morgan fingerprint density at radius 1 is 1.32 bits per heavy atom. The predicted molar refractivity (Wildman–Crippen MR) is 84.4 cm³/mol. The third-order valence-corrected chi connectivity index (χ3v) is 5.05. The topological polar surface area (TPSA) is 52.9 Å². The summed E-state index contributed by atoms with van der Waals surface area (Å²) in [5, 5.41) is 12.7. The molecule has 0 saturated carbocycles. The largest absolute Gasteiger partial charge is 0.316 e. The smallest absolute Gasteiger partial charge is 0.229 e. The molecule has 0 radical (unpaired) electrons. The number of nitrogens with zero attached hydrogens (tertiary/aromatic N) is 1. The Morgan fingerprint density at radius 2 is 2.09 bits per heavy atom. The molecule has 0 fully saturated rings. The molecule has 3 nitrogen and oxygen atoms in total. The molecule has 1 amide bonds. The van der Waals surface area contributed by atoms with Crippen molar-refractivity contribution in [1.82, 2.24) is 0 Å². The summed E-state index contributed by atoms with van der Waals surface area (Å²) >= 11 is 1.48. The van der Waals surface area contributed by atoms with Crippen LogP contribution in [0.3, 0.4) is 0 Å². The SMILES string of the molecule is N#Cc1c(NC(=O)Cc2ccccc2F)sc2c1CCCC2. The van der Waals surface area contributed by atoms with E-state index in [1.165, 1.54) is 22.3 Å². The number of rotatable bonds is 3. The van der Waals surface area contributed by atoms with Gasteiger partial charge in [0.15, 0.2) is 0 Å². The molecule has 3 rings (SSSR count). The maximum absolute atomic E-state index is 13.6. The van der Waals surface area contributed by atoms with Crippen LogP contribution in [-0.2, 0) is 24.1 Å². The molecular formula is C17H15FN2OS. The summed E-state index contributed by atoms with van der Waals surface area (Å²) in [6.45, 7) is 0. The van der Waals surface area contributed by atoms with E-state index in [9.17, 15) is 14.4 Å². The highest BCUT2D eigenvalue weighted by atomic mass is 32.1. The fourth-order valence-electron chi connectivity index (χ4n) is 2.76. The molecule has 1 N–H and O–H groups in total. The minimum atomic E-state index is -0.386. The van der Waals surface area contributed by atoms with Gasteiger partial charge in [0.1, 0.15) is 16.9 Å². The normalized spacial score (nSPS) is 13.3. The van der Waals surface area contributed by atoms with E-state index in [-0.39, 0.29) is 18.1 Å². The zero-order valence-electron chi connectivity index (χ0n) is 12.0. The zero-order valence-corrected chi connectivity index (χ0v) is 12.8. The molecule has 2 aromatic rings. The van der Waals surface area contributed by atoms with Crippen molar-refractivity contribution in [2.75, 3.05) is 5.32 Å². The highest BCUT2D eigenvalue weighted by molar-refractivity contribution is 7.16. The van der Waals surface area contributed by atoms with Gasteiger partial charge in [0, 0.05) is 4.88 Å². The molecule has 0 saturated heterocycles. The van der Waals surface area contributed by atoms with Crippen molar-refractivity contribution in [3.05, 3.63) is 51.7 Å². The lowest BCUT2D eigenvalue weighted by Crippen LogP contribution is -2.15. The number of fused-ring (bicyclic) bond motifs is 1. The minimum absolute atomic E-state index is 0.0277. The summed E-state index contributed by atoms with van der Waals surface area (Å²) < 4.78 is 13.6. The fourth-order valence-corrected chi connectivity index (χ4v) is 4.01. The number of aryl methyl sites for hydroxylation is 1.